The van der Waals surface area contributed by atoms with Crippen LogP contribution in [0.1, 0.15) is 29.5 Å². The Bertz CT molecular complexity index is 1600. The third kappa shape index (κ3) is 5.01. The molecule has 0 spiro atoms. The van der Waals surface area contributed by atoms with Gasteiger partial charge in [0, 0.05) is 17.8 Å². The van der Waals surface area contributed by atoms with Gasteiger partial charge in [0.25, 0.3) is 0 Å². The van der Waals surface area contributed by atoms with Gasteiger partial charge in [-0.15, -0.1) is 0 Å². The average molecular weight is 548 g/mol. The molecule has 2 aromatic heterocycles. The maximum Gasteiger partial charge on any atom is 0.433 e. The number of nitrogens with one attached hydrogen (secondary N) is 2. The fourth-order valence-corrected chi connectivity index (χ4v) is 5.85. The molecule has 1 amide bonds. The number of benzene rings is 2. The third-order valence-electron chi connectivity index (χ3n) is 6.30. The molecule has 198 valence electrons. The lowest BCUT2D eigenvalue weighted by Gasteiger charge is -2.21. The predicted octanol–water partition coefficient (Wildman–Crippen LogP) is 4.99. The first kappa shape index (κ1) is 25.9. The van der Waals surface area contributed by atoms with Crippen LogP contribution in [0, 0.1) is 5.82 Å². The van der Waals surface area contributed by atoms with Crippen LogP contribution in [-0.2, 0) is 20.8 Å². The Kier molecular flexibility index (Phi) is 6.70. The molecule has 1 fully saturated rings. The number of hydrogen-bond acceptors (Lipinski definition) is 6. The maximum atomic E-state index is 14.3. The fourth-order valence-electron chi connectivity index (χ4n) is 4.35. The Labute approximate surface area is 214 Å². The van der Waals surface area contributed by atoms with Gasteiger partial charge in [0.05, 0.1) is 11.4 Å². The summed E-state index contributed by atoms with van der Waals surface area (Å²) in [6, 6.07) is 12.5. The van der Waals surface area contributed by atoms with Crippen molar-refractivity contribution in [2.45, 2.75) is 35.5 Å². The minimum atomic E-state index is -4.61. The monoisotopic (exact) mass is 547 g/mol. The second-order valence-electron chi connectivity index (χ2n) is 8.85. The standard InChI is InChI=1S/C26H21F4N3O4S/c27-19-6-2-8-21-18(19)13-23(37-21)38(35,36)25(33-24(34)20-7-3-11-31-20)16-5-1-4-15(12-16)17-9-10-22(32-14-17)26(28,29)30/h1-2,4-6,8-10,12-14,20,25,31H,3,7,11H2,(H,33,34)/t20?,25-/m0/s1. The van der Waals surface area contributed by atoms with Crippen LogP contribution in [0.25, 0.3) is 22.1 Å². The molecule has 0 radical (unpaired) electrons. The number of pyridine rings is 1. The molecule has 38 heavy (non-hydrogen) atoms. The fraction of sp³-hybridized carbons (Fsp3) is 0.231. The molecule has 2 N–H and O–H groups in total. The van der Waals surface area contributed by atoms with Gasteiger partial charge in [0.15, 0.2) is 5.37 Å². The van der Waals surface area contributed by atoms with E-state index in [1.807, 2.05) is 0 Å². The molecule has 1 aliphatic rings. The second-order valence-corrected chi connectivity index (χ2v) is 10.8. The zero-order valence-electron chi connectivity index (χ0n) is 19.6. The van der Waals surface area contributed by atoms with Crippen molar-refractivity contribution in [1.82, 2.24) is 15.6 Å². The molecule has 1 aliphatic heterocycles. The molecule has 12 heteroatoms. The number of carbonyl (C=O) groups excluding carboxylic acids is 1. The van der Waals surface area contributed by atoms with Crippen LogP contribution in [0.3, 0.4) is 0 Å². The SMILES string of the molecule is O=C(N[C@H](c1cccc(-c2ccc(C(F)(F)F)nc2)c1)S(=O)(=O)c1cc2c(F)cccc2o1)C1CCCN1. The number of carbonyl (C=O) groups is 1. The van der Waals surface area contributed by atoms with Crippen molar-refractivity contribution in [3.63, 3.8) is 0 Å². The van der Waals surface area contributed by atoms with Gasteiger partial charge in [0.2, 0.25) is 20.8 Å². The molecule has 3 heterocycles. The summed E-state index contributed by atoms with van der Waals surface area (Å²) in [4.78, 5) is 16.4. The van der Waals surface area contributed by atoms with Gasteiger partial charge in [-0.2, -0.15) is 13.2 Å². The Morgan fingerprint density at radius 3 is 2.53 bits per heavy atom. The van der Waals surface area contributed by atoms with Crippen molar-refractivity contribution in [3.05, 3.63) is 83.9 Å². The molecule has 1 unspecified atom stereocenters. The first-order valence-electron chi connectivity index (χ1n) is 11.6. The molecule has 5 rings (SSSR count). The number of furan rings is 1. The van der Waals surface area contributed by atoms with Gasteiger partial charge < -0.3 is 15.1 Å². The van der Waals surface area contributed by atoms with Crippen LogP contribution in [0.15, 0.2) is 76.4 Å². The van der Waals surface area contributed by atoms with Crippen molar-refractivity contribution in [3.8, 4) is 11.1 Å². The van der Waals surface area contributed by atoms with Crippen LogP contribution in [0.4, 0.5) is 17.6 Å². The molecular weight excluding hydrogens is 526 g/mol. The maximum absolute atomic E-state index is 14.3. The van der Waals surface area contributed by atoms with Crippen molar-refractivity contribution in [2.75, 3.05) is 6.54 Å². The van der Waals surface area contributed by atoms with Crippen molar-refractivity contribution >= 4 is 26.7 Å². The summed E-state index contributed by atoms with van der Waals surface area (Å²) in [5.74, 6) is -1.21. The molecule has 0 saturated carbocycles. The van der Waals surface area contributed by atoms with Gasteiger partial charge in [-0.3, -0.25) is 9.78 Å². The predicted molar refractivity (Wildman–Crippen MR) is 130 cm³/mol. The average Bonchev–Trinajstić information content (AvgIpc) is 3.58. The molecule has 2 aromatic carbocycles. The number of hydrogen-bond donors (Lipinski definition) is 2. The number of sulfone groups is 1. The molecule has 0 bridgehead atoms. The zero-order chi connectivity index (χ0) is 27.1. The van der Waals surface area contributed by atoms with Crippen molar-refractivity contribution in [1.29, 1.82) is 0 Å². The van der Waals surface area contributed by atoms with Gasteiger partial charge in [0.1, 0.15) is 17.1 Å². The van der Waals surface area contributed by atoms with E-state index in [2.05, 4.69) is 15.6 Å². The molecule has 2 atom stereocenters. The van der Waals surface area contributed by atoms with E-state index in [0.717, 1.165) is 24.8 Å². The van der Waals surface area contributed by atoms with Crippen LogP contribution in [0.2, 0.25) is 0 Å². The van der Waals surface area contributed by atoms with Crippen LogP contribution in [-0.4, -0.2) is 31.9 Å². The highest BCUT2D eigenvalue weighted by Crippen LogP contribution is 2.34. The number of alkyl halides is 3. The first-order valence-corrected chi connectivity index (χ1v) is 13.2. The number of aromatic nitrogens is 1. The Hall–Kier alpha value is -3.77. The summed E-state index contributed by atoms with van der Waals surface area (Å²) in [5.41, 5.74) is -0.213. The molecule has 0 aliphatic carbocycles. The van der Waals surface area contributed by atoms with Crippen LogP contribution >= 0.6 is 0 Å². The minimum Gasteiger partial charge on any atom is -0.444 e. The molecule has 4 aromatic rings. The smallest absolute Gasteiger partial charge is 0.433 e. The number of nitrogens with zero attached hydrogens (tertiary/aromatic N) is 1. The van der Waals surface area contributed by atoms with Crippen molar-refractivity contribution < 1.29 is 35.2 Å². The number of rotatable bonds is 6. The third-order valence-corrected chi connectivity index (χ3v) is 8.08. The normalized spacial score (nSPS) is 17.0. The Balaban J connectivity index is 1.56. The summed E-state index contributed by atoms with van der Waals surface area (Å²) in [6.45, 7) is 0.606. The summed E-state index contributed by atoms with van der Waals surface area (Å²) in [7, 11) is -4.44. The summed E-state index contributed by atoms with van der Waals surface area (Å²) < 4.78 is 86.1. The largest absolute Gasteiger partial charge is 0.444 e. The molecular formula is C26H21F4N3O4S. The highest BCUT2D eigenvalue weighted by molar-refractivity contribution is 7.91. The second kappa shape index (κ2) is 9.84. The zero-order valence-corrected chi connectivity index (χ0v) is 20.4. The lowest BCUT2D eigenvalue weighted by atomic mass is 10.0. The van der Waals surface area contributed by atoms with E-state index in [4.69, 9.17) is 4.42 Å². The lowest BCUT2D eigenvalue weighted by Crippen LogP contribution is -2.44. The molecule has 7 nitrogen and oxygen atoms in total. The number of halogens is 4. The highest BCUT2D eigenvalue weighted by atomic mass is 32.2. The highest BCUT2D eigenvalue weighted by Gasteiger charge is 2.36. The van der Waals surface area contributed by atoms with Gasteiger partial charge in [-0.1, -0.05) is 30.3 Å². The topological polar surface area (TPSA) is 101 Å². The van der Waals surface area contributed by atoms with E-state index in [1.54, 1.807) is 6.07 Å². The number of amides is 1. The first-order chi connectivity index (χ1) is 18.0. The summed E-state index contributed by atoms with van der Waals surface area (Å²) in [5, 5.41) is 3.39. The lowest BCUT2D eigenvalue weighted by molar-refractivity contribution is -0.141. The van der Waals surface area contributed by atoms with Crippen LogP contribution < -0.4 is 10.6 Å². The van der Waals surface area contributed by atoms with E-state index in [1.165, 1.54) is 42.5 Å². The summed E-state index contributed by atoms with van der Waals surface area (Å²) in [6.07, 6.45) is -2.31. The minimum absolute atomic E-state index is 0.0238. The van der Waals surface area contributed by atoms with Gasteiger partial charge in [-0.25, -0.2) is 12.8 Å². The number of fused-ring (bicyclic) bond motifs is 1. The van der Waals surface area contributed by atoms with Gasteiger partial charge in [-0.05, 0) is 54.8 Å². The van der Waals surface area contributed by atoms with Crippen molar-refractivity contribution in [2.24, 2.45) is 0 Å². The van der Waals surface area contributed by atoms with E-state index in [0.29, 0.717) is 24.1 Å². The molecule has 1 saturated heterocycles. The Morgan fingerprint density at radius 1 is 1.08 bits per heavy atom. The Morgan fingerprint density at radius 2 is 1.87 bits per heavy atom. The summed E-state index contributed by atoms with van der Waals surface area (Å²) >= 11 is 0. The quantitative estimate of drug-likeness (QED) is 0.330. The van der Waals surface area contributed by atoms with E-state index in [-0.39, 0.29) is 16.5 Å². The van der Waals surface area contributed by atoms with Gasteiger partial charge >= 0.3 is 6.18 Å². The van der Waals surface area contributed by atoms with E-state index >= 15 is 0 Å². The van der Waals surface area contributed by atoms with E-state index in [9.17, 15) is 30.8 Å². The van der Waals surface area contributed by atoms with Crippen LogP contribution in [0.5, 0.6) is 0 Å². The van der Waals surface area contributed by atoms with E-state index < -0.39 is 49.9 Å².